The average Bonchev–Trinajstić information content (AvgIpc) is 2.45. The Kier molecular flexibility index (Phi) is 7.78. The first kappa shape index (κ1) is 16.5. The van der Waals surface area contributed by atoms with Gasteiger partial charge >= 0.3 is 5.97 Å². The summed E-state index contributed by atoms with van der Waals surface area (Å²) in [5.41, 5.74) is 1.28. The Morgan fingerprint density at radius 1 is 1.10 bits per heavy atom. The van der Waals surface area contributed by atoms with E-state index >= 15 is 0 Å². The van der Waals surface area contributed by atoms with E-state index in [1.807, 2.05) is 6.07 Å². The first-order chi connectivity index (χ1) is 9.69. The molecule has 0 unspecified atom stereocenters. The van der Waals surface area contributed by atoms with Crippen LogP contribution in [0.2, 0.25) is 0 Å². The minimum Gasteiger partial charge on any atom is -0.497 e. The molecule has 0 fully saturated rings. The van der Waals surface area contributed by atoms with Gasteiger partial charge in [-0.05, 0) is 36.6 Å². The summed E-state index contributed by atoms with van der Waals surface area (Å²) in [6.45, 7) is 2.22. The molecule has 1 rings (SSSR count). The van der Waals surface area contributed by atoms with Crippen molar-refractivity contribution in [2.24, 2.45) is 0 Å². The number of benzene rings is 1. The van der Waals surface area contributed by atoms with Crippen LogP contribution in [0.4, 0.5) is 0 Å². The lowest BCUT2D eigenvalue weighted by molar-refractivity contribution is 0.0695. The number of aryl methyl sites for hydroxylation is 1. The molecule has 112 valence electrons. The maximum atomic E-state index is 11.2. The Labute approximate surface area is 122 Å². The van der Waals surface area contributed by atoms with Crippen LogP contribution in [0.1, 0.15) is 67.8 Å². The summed E-state index contributed by atoms with van der Waals surface area (Å²) in [6.07, 6.45) is 9.46. The second-order valence-electron chi connectivity index (χ2n) is 5.20. The summed E-state index contributed by atoms with van der Waals surface area (Å²) >= 11 is 0. The van der Waals surface area contributed by atoms with Crippen molar-refractivity contribution in [2.75, 3.05) is 7.11 Å². The smallest absolute Gasteiger partial charge is 0.335 e. The Balaban J connectivity index is 2.43. The highest BCUT2D eigenvalue weighted by atomic mass is 16.5. The van der Waals surface area contributed by atoms with Gasteiger partial charge in [-0.2, -0.15) is 0 Å². The molecule has 3 nitrogen and oxygen atoms in total. The van der Waals surface area contributed by atoms with Gasteiger partial charge in [-0.3, -0.25) is 0 Å². The molecule has 0 atom stereocenters. The van der Waals surface area contributed by atoms with Crippen LogP contribution in [0.3, 0.4) is 0 Å². The number of methoxy groups -OCH3 is 1. The fraction of sp³-hybridized carbons (Fsp3) is 0.588. The molecular weight excluding hydrogens is 252 g/mol. The highest BCUT2D eigenvalue weighted by Crippen LogP contribution is 2.20. The van der Waals surface area contributed by atoms with E-state index in [9.17, 15) is 9.90 Å². The molecular formula is C17H26O3. The highest BCUT2D eigenvalue weighted by molar-refractivity contribution is 5.89. The van der Waals surface area contributed by atoms with Crippen LogP contribution in [0.15, 0.2) is 18.2 Å². The molecule has 3 heteroatoms. The van der Waals surface area contributed by atoms with Crippen LogP contribution in [-0.2, 0) is 6.42 Å². The molecule has 0 aliphatic carbocycles. The number of rotatable bonds is 10. The van der Waals surface area contributed by atoms with E-state index in [-0.39, 0.29) is 0 Å². The van der Waals surface area contributed by atoms with Crippen LogP contribution >= 0.6 is 0 Å². The molecule has 20 heavy (non-hydrogen) atoms. The highest BCUT2D eigenvalue weighted by Gasteiger charge is 2.10. The van der Waals surface area contributed by atoms with E-state index in [1.165, 1.54) is 38.5 Å². The van der Waals surface area contributed by atoms with Crippen LogP contribution in [0.5, 0.6) is 5.75 Å². The van der Waals surface area contributed by atoms with E-state index in [4.69, 9.17) is 4.74 Å². The summed E-state index contributed by atoms with van der Waals surface area (Å²) in [6, 6.07) is 5.19. The minimum atomic E-state index is -0.856. The maximum Gasteiger partial charge on any atom is 0.335 e. The molecule has 0 heterocycles. The van der Waals surface area contributed by atoms with E-state index in [0.29, 0.717) is 5.56 Å². The van der Waals surface area contributed by atoms with Gasteiger partial charge in [0.2, 0.25) is 0 Å². The standard InChI is InChI=1S/C17H26O3/c1-3-4-5-6-7-8-9-10-14-13-15(20-2)11-12-16(14)17(18)19/h11-13H,3-10H2,1-2H3,(H,18,19). The molecule has 1 aromatic carbocycles. The molecule has 0 aromatic heterocycles. The number of carboxylic acid groups (broad SMARTS) is 1. The summed E-state index contributed by atoms with van der Waals surface area (Å²) in [5, 5.41) is 9.19. The Bertz CT molecular complexity index is 413. The summed E-state index contributed by atoms with van der Waals surface area (Å²) in [5.74, 6) is -0.126. The van der Waals surface area contributed by atoms with Gasteiger partial charge in [0.1, 0.15) is 5.75 Å². The second-order valence-corrected chi connectivity index (χ2v) is 5.20. The first-order valence-corrected chi connectivity index (χ1v) is 7.59. The van der Waals surface area contributed by atoms with E-state index in [0.717, 1.165) is 24.2 Å². The number of aromatic carboxylic acids is 1. The number of unbranched alkanes of at least 4 members (excludes halogenated alkanes) is 6. The molecule has 1 N–H and O–H groups in total. The van der Waals surface area contributed by atoms with Gasteiger partial charge in [0, 0.05) is 0 Å². The number of carboxylic acids is 1. The lowest BCUT2D eigenvalue weighted by Gasteiger charge is -2.08. The van der Waals surface area contributed by atoms with Crippen LogP contribution in [0, 0.1) is 0 Å². The van der Waals surface area contributed by atoms with Crippen molar-refractivity contribution in [3.8, 4) is 5.75 Å². The third kappa shape index (κ3) is 5.64. The van der Waals surface area contributed by atoms with Crippen LogP contribution in [0.25, 0.3) is 0 Å². The molecule has 0 spiro atoms. The molecule has 0 saturated carbocycles. The Hall–Kier alpha value is -1.51. The number of hydrogen-bond acceptors (Lipinski definition) is 2. The average molecular weight is 278 g/mol. The van der Waals surface area contributed by atoms with Gasteiger partial charge < -0.3 is 9.84 Å². The first-order valence-electron chi connectivity index (χ1n) is 7.59. The zero-order valence-corrected chi connectivity index (χ0v) is 12.7. The van der Waals surface area contributed by atoms with Crippen molar-refractivity contribution in [3.05, 3.63) is 29.3 Å². The number of carbonyl (C=O) groups is 1. The van der Waals surface area contributed by atoms with Crippen molar-refractivity contribution in [2.45, 2.75) is 58.3 Å². The SMILES string of the molecule is CCCCCCCCCc1cc(OC)ccc1C(=O)O. The lowest BCUT2D eigenvalue weighted by Crippen LogP contribution is -2.03. The minimum absolute atomic E-state index is 0.400. The fourth-order valence-corrected chi connectivity index (χ4v) is 2.39. The Morgan fingerprint density at radius 2 is 1.75 bits per heavy atom. The second kappa shape index (κ2) is 9.40. The quantitative estimate of drug-likeness (QED) is 0.632. The summed E-state index contributed by atoms with van der Waals surface area (Å²) < 4.78 is 5.17. The number of hydrogen-bond donors (Lipinski definition) is 1. The molecule has 1 aromatic rings. The monoisotopic (exact) mass is 278 g/mol. The van der Waals surface area contributed by atoms with Crippen molar-refractivity contribution in [1.29, 1.82) is 0 Å². The molecule has 0 aliphatic rings. The molecule has 0 saturated heterocycles. The topological polar surface area (TPSA) is 46.5 Å². The fourth-order valence-electron chi connectivity index (χ4n) is 2.39. The molecule has 0 bridgehead atoms. The maximum absolute atomic E-state index is 11.2. The lowest BCUT2D eigenvalue weighted by atomic mass is 10.00. The summed E-state index contributed by atoms with van der Waals surface area (Å²) in [7, 11) is 1.60. The zero-order valence-electron chi connectivity index (χ0n) is 12.7. The van der Waals surface area contributed by atoms with Gasteiger partial charge in [0.15, 0.2) is 0 Å². The predicted molar refractivity (Wildman–Crippen MR) is 81.7 cm³/mol. The van der Waals surface area contributed by atoms with E-state index in [1.54, 1.807) is 19.2 Å². The zero-order chi connectivity index (χ0) is 14.8. The van der Waals surface area contributed by atoms with Crippen LogP contribution in [-0.4, -0.2) is 18.2 Å². The number of ether oxygens (including phenoxy) is 1. The van der Waals surface area contributed by atoms with Crippen molar-refractivity contribution >= 4 is 5.97 Å². The van der Waals surface area contributed by atoms with Crippen molar-refractivity contribution < 1.29 is 14.6 Å². The third-order valence-corrected chi connectivity index (χ3v) is 3.59. The van der Waals surface area contributed by atoms with E-state index < -0.39 is 5.97 Å². The van der Waals surface area contributed by atoms with Gasteiger partial charge in [0.05, 0.1) is 12.7 Å². The van der Waals surface area contributed by atoms with Gasteiger partial charge in [0.25, 0.3) is 0 Å². The van der Waals surface area contributed by atoms with Gasteiger partial charge in [-0.1, -0.05) is 45.4 Å². The van der Waals surface area contributed by atoms with Gasteiger partial charge in [-0.15, -0.1) is 0 Å². The predicted octanol–water partition coefficient (Wildman–Crippen LogP) is 4.69. The molecule has 0 amide bonds. The Morgan fingerprint density at radius 3 is 2.35 bits per heavy atom. The normalized spacial score (nSPS) is 10.5. The van der Waals surface area contributed by atoms with E-state index in [2.05, 4.69) is 6.92 Å². The van der Waals surface area contributed by atoms with Crippen molar-refractivity contribution in [1.82, 2.24) is 0 Å². The molecule has 0 radical (unpaired) electrons. The van der Waals surface area contributed by atoms with Crippen molar-refractivity contribution in [3.63, 3.8) is 0 Å². The molecule has 0 aliphatic heterocycles. The van der Waals surface area contributed by atoms with Gasteiger partial charge in [-0.25, -0.2) is 4.79 Å². The van der Waals surface area contributed by atoms with Crippen LogP contribution < -0.4 is 4.74 Å². The summed E-state index contributed by atoms with van der Waals surface area (Å²) in [4.78, 5) is 11.2. The largest absolute Gasteiger partial charge is 0.497 e. The third-order valence-electron chi connectivity index (χ3n) is 3.59.